The van der Waals surface area contributed by atoms with Crippen molar-refractivity contribution in [2.24, 2.45) is 0 Å². The minimum atomic E-state index is -4.65. The van der Waals surface area contributed by atoms with Crippen molar-refractivity contribution in [2.45, 2.75) is 31.9 Å². The average molecular weight is 275 g/mol. The van der Waals surface area contributed by atoms with Gasteiger partial charge in [-0.2, -0.15) is 0 Å². The molecule has 106 valence electrons. The number of benzene rings is 1. The summed E-state index contributed by atoms with van der Waals surface area (Å²) in [6.07, 6.45) is -2.36. The molecule has 0 unspecified atom stereocenters. The molecule has 1 aromatic rings. The minimum Gasteiger partial charge on any atom is -0.406 e. The highest BCUT2D eigenvalue weighted by Crippen LogP contribution is 2.23. The van der Waals surface area contributed by atoms with E-state index in [1.807, 2.05) is 0 Å². The Labute approximate surface area is 109 Å². The molecule has 0 aromatic heterocycles. The second kappa shape index (κ2) is 6.25. The Morgan fingerprint density at radius 2 is 1.95 bits per heavy atom. The summed E-state index contributed by atoms with van der Waals surface area (Å²) < 4.78 is 45.4. The molecular weight excluding hydrogens is 259 g/mol. The van der Waals surface area contributed by atoms with E-state index < -0.39 is 6.36 Å². The SMILES string of the molecule is FC(F)(F)Oc1ccc(CO[C@H]2CCCNC2)cc1. The largest absolute Gasteiger partial charge is 0.573 e. The number of alkyl halides is 3. The van der Waals surface area contributed by atoms with Crippen molar-refractivity contribution in [1.82, 2.24) is 5.32 Å². The third kappa shape index (κ3) is 5.08. The molecule has 0 aliphatic carbocycles. The van der Waals surface area contributed by atoms with Crippen LogP contribution in [0.15, 0.2) is 24.3 Å². The van der Waals surface area contributed by atoms with Crippen molar-refractivity contribution >= 4 is 0 Å². The van der Waals surface area contributed by atoms with Crippen molar-refractivity contribution in [3.63, 3.8) is 0 Å². The van der Waals surface area contributed by atoms with Gasteiger partial charge in [-0.25, -0.2) is 0 Å². The smallest absolute Gasteiger partial charge is 0.406 e. The molecule has 1 aliphatic rings. The van der Waals surface area contributed by atoms with Crippen LogP contribution in [0.5, 0.6) is 5.75 Å². The molecule has 1 heterocycles. The van der Waals surface area contributed by atoms with E-state index >= 15 is 0 Å². The lowest BCUT2D eigenvalue weighted by Crippen LogP contribution is -2.35. The first-order valence-corrected chi connectivity index (χ1v) is 6.20. The Kier molecular flexibility index (Phi) is 4.66. The Morgan fingerprint density at radius 1 is 1.21 bits per heavy atom. The van der Waals surface area contributed by atoms with Gasteiger partial charge in [0, 0.05) is 6.54 Å². The molecule has 1 aromatic carbocycles. The van der Waals surface area contributed by atoms with Gasteiger partial charge in [0.25, 0.3) is 0 Å². The zero-order chi connectivity index (χ0) is 13.7. The molecule has 1 atom stereocenters. The van der Waals surface area contributed by atoms with Gasteiger partial charge in [0.15, 0.2) is 0 Å². The highest BCUT2D eigenvalue weighted by atomic mass is 19.4. The first kappa shape index (κ1) is 14.1. The first-order valence-electron chi connectivity index (χ1n) is 6.20. The maximum absolute atomic E-state index is 12.0. The number of rotatable bonds is 4. The summed E-state index contributed by atoms with van der Waals surface area (Å²) in [5.41, 5.74) is 0.833. The number of piperidine rings is 1. The highest BCUT2D eigenvalue weighted by Gasteiger charge is 2.30. The zero-order valence-corrected chi connectivity index (χ0v) is 10.4. The number of nitrogens with one attached hydrogen (secondary N) is 1. The van der Waals surface area contributed by atoms with E-state index in [2.05, 4.69) is 10.1 Å². The van der Waals surface area contributed by atoms with E-state index in [0.29, 0.717) is 6.61 Å². The monoisotopic (exact) mass is 275 g/mol. The summed E-state index contributed by atoms with van der Waals surface area (Å²) in [5.74, 6) is -0.212. The van der Waals surface area contributed by atoms with Gasteiger partial charge in [-0.1, -0.05) is 12.1 Å². The lowest BCUT2D eigenvalue weighted by molar-refractivity contribution is -0.274. The van der Waals surface area contributed by atoms with Crippen LogP contribution in [0, 0.1) is 0 Å². The van der Waals surface area contributed by atoms with Gasteiger partial charge in [0.2, 0.25) is 0 Å². The maximum atomic E-state index is 12.0. The van der Waals surface area contributed by atoms with Crippen molar-refractivity contribution in [3.8, 4) is 5.75 Å². The Morgan fingerprint density at radius 3 is 2.53 bits per heavy atom. The minimum absolute atomic E-state index is 0.180. The molecule has 0 radical (unpaired) electrons. The molecule has 0 amide bonds. The summed E-state index contributed by atoms with van der Waals surface area (Å²) in [6, 6.07) is 5.76. The van der Waals surface area contributed by atoms with Crippen LogP contribution in [0.4, 0.5) is 13.2 Å². The molecule has 1 aliphatic heterocycles. The van der Waals surface area contributed by atoms with Crippen LogP contribution in [0.25, 0.3) is 0 Å². The van der Waals surface area contributed by atoms with Crippen LogP contribution in [-0.4, -0.2) is 25.6 Å². The standard InChI is InChI=1S/C13H16F3NO2/c14-13(15,16)19-11-5-3-10(4-6-11)9-18-12-2-1-7-17-8-12/h3-6,12,17H,1-2,7-9H2/t12-/m0/s1. The van der Waals surface area contributed by atoms with E-state index in [1.54, 1.807) is 12.1 Å². The summed E-state index contributed by atoms with van der Waals surface area (Å²) >= 11 is 0. The lowest BCUT2D eigenvalue weighted by atomic mass is 10.1. The van der Waals surface area contributed by atoms with Crippen molar-refractivity contribution in [3.05, 3.63) is 29.8 Å². The van der Waals surface area contributed by atoms with Gasteiger partial charge in [0.1, 0.15) is 5.75 Å². The second-order valence-corrected chi connectivity index (χ2v) is 4.47. The fraction of sp³-hybridized carbons (Fsp3) is 0.538. The second-order valence-electron chi connectivity index (χ2n) is 4.47. The molecule has 0 bridgehead atoms. The average Bonchev–Trinajstić information content (AvgIpc) is 2.37. The first-order chi connectivity index (χ1) is 9.03. The van der Waals surface area contributed by atoms with E-state index in [9.17, 15) is 13.2 Å². The molecule has 2 rings (SSSR count). The molecule has 0 spiro atoms. The number of ether oxygens (including phenoxy) is 2. The number of hydrogen-bond donors (Lipinski definition) is 1. The summed E-state index contributed by atoms with van der Waals surface area (Å²) in [6.45, 7) is 2.25. The van der Waals surface area contributed by atoms with Crippen LogP contribution in [0.3, 0.4) is 0 Å². The Balaban J connectivity index is 1.81. The molecule has 6 heteroatoms. The van der Waals surface area contributed by atoms with Crippen LogP contribution in [0.2, 0.25) is 0 Å². The van der Waals surface area contributed by atoms with Crippen LogP contribution < -0.4 is 10.1 Å². The summed E-state index contributed by atoms with van der Waals surface area (Å²) in [5, 5.41) is 3.24. The molecular formula is C13H16F3NO2. The third-order valence-corrected chi connectivity index (χ3v) is 2.89. The van der Waals surface area contributed by atoms with Gasteiger partial charge in [-0.15, -0.1) is 13.2 Å². The molecule has 3 nitrogen and oxygen atoms in total. The van der Waals surface area contributed by atoms with Gasteiger partial charge in [-0.3, -0.25) is 0 Å². The molecule has 19 heavy (non-hydrogen) atoms. The predicted molar refractivity (Wildman–Crippen MR) is 63.8 cm³/mol. The van der Waals surface area contributed by atoms with Gasteiger partial charge in [0.05, 0.1) is 12.7 Å². The summed E-state index contributed by atoms with van der Waals surface area (Å²) in [7, 11) is 0. The van der Waals surface area contributed by atoms with Crippen LogP contribution >= 0.6 is 0 Å². The zero-order valence-electron chi connectivity index (χ0n) is 10.4. The fourth-order valence-corrected chi connectivity index (χ4v) is 1.96. The van der Waals surface area contributed by atoms with Crippen molar-refractivity contribution < 1.29 is 22.6 Å². The highest BCUT2D eigenvalue weighted by molar-refractivity contribution is 5.27. The predicted octanol–water partition coefficient (Wildman–Crippen LogP) is 2.85. The van der Waals surface area contributed by atoms with Crippen molar-refractivity contribution in [2.75, 3.05) is 13.1 Å². The normalized spacial score (nSPS) is 20.3. The van der Waals surface area contributed by atoms with Gasteiger partial charge in [-0.05, 0) is 37.1 Å². The fourth-order valence-electron chi connectivity index (χ4n) is 1.96. The van der Waals surface area contributed by atoms with Gasteiger partial charge >= 0.3 is 6.36 Å². The van der Waals surface area contributed by atoms with Crippen molar-refractivity contribution in [1.29, 1.82) is 0 Å². The van der Waals surface area contributed by atoms with Gasteiger partial charge < -0.3 is 14.8 Å². The lowest BCUT2D eigenvalue weighted by Gasteiger charge is -2.23. The number of hydrogen-bond acceptors (Lipinski definition) is 3. The summed E-state index contributed by atoms with van der Waals surface area (Å²) in [4.78, 5) is 0. The van der Waals surface area contributed by atoms with Crippen LogP contribution in [0.1, 0.15) is 18.4 Å². The third-order valence-electron chi connectivity index (χ3n) is 2.89. The Hall–Kier alpha value is -1.27. The topological polar surface area (TPSA) is 30.5 Å². The van der Waals surface area contributed by atoms with E-state index in [0.717, 1.165) is 31.5 Å². The van der Waals surface area contributed by atoms with Crippen LogP contribution in [-0.2, 0) is 11.3 Å². The van der Waals surface area contributed by atoms with E-state index in [4.69, 9.17) is 4.74 Å². The molecule has 0 saturated carbocycles. The number of halogens is 3. The maximum Gasteiger partial charge on any atom is 0.573 e. The van der Waals surface area contributed by atoms with E-state index in [-0.39, 0.29) is 11.9 Å². The Bertz CT molecular complexity index is 386. The molecule has 1 N–H and O–H groups in total. The molecule has 1 fully saturated rings. The quantitative estimate of drug-likeness (QED) is 0.916. The van der Waals surface area contributed by atoms with E-state index in [1.165, 1.54) is 12.1 Å². The molecule has 1 saturated heterocycles.